The van der Waals surface area contributed by atoms with Crippen LogP contribution in [0.25, 0.3) is 16.6 Å². The maximum absolute atomic E-state index is 13.1. The average Bonchev–Trinajstić information content (AvgIpc) is 3.26. The number of hydrogen-bond acceptors (Lipinski definition) is 5. The zero-order valence-corrected chi connectivity index (χ0v) is 15.8. The molecule has 1 amide bonds. The quantitative estimate of drug-likeness (QED) is 0.508. The maximum Gasteiger partial charge on any atom is 0.416 e. The number of H-pyrrole nitrogens is 1. The lowest BCUT2D eigenvalue weighted by molar-refractivity contribution is -0.137. The minimum Gasteiger partial charge on any atom is -0.324 e. The number of nitrogens with zero attached hydrogens (tertiary/aromatic N) is 4. The zero-order valence-electron chi connectivity index (χ0n) is 15.8. The summed E-state index contributed by atoms with van der Waals surface area (Å²) in [7, 11) is 0. The molecule has 158 valence electrons. The van der Waals surface area contributed by atoms with Crippen molar-refractivity contribution in [3.63, 3.8) is 0 Å². The van der Waals surface area contributed by atoms with Gasteiger partial charge in [0.05, 0.1) is 27.8 Å². The normalized spacial score (nSPS) is 11.6. The summed E-state index contributed by atoms with van der Waals surface area (Å²) in [6, 6.07) is 9.72. The summed E-state index contributed by atoms with van der Waals surface area (Å²) in [4.78, 5) is 35.3. The van der Waals surface area contributed by atoms with Crippen LogP contribution < -0.4 is 10.9 Å². The van der Waals surface area contributed by atoms with Gasteiger partial charge >= 0.3 is 6.18 Å². The van der Waals surface area contributed by atoms with Gasteiger partial charge in [0, 0.05) is 12.8 Å². The number of benzene rings is 2. The molecular weight excluding hydrogens is 413 g/mol. The van der Waals surface area contributed by atoms with Crippen LogP contribution in [0.3, 0.4) is 0 Å². The molecule has 0 radical (unpaired) electrons. The predicted octanol–water partition coefficient (Wildman–Crippen LogP) is 3.09. The van der Waals surface area contributed by atoms with Gasteiger partial charge in [0.1, 0.15) is 18.5 Å². The van der Waals surface area contributed by atoms with E-state index in [9.17, 15) is 22.8 Å². The third kappa shape index (κ3) is 4.44. The fourth-order valence-electron chi connectivity index (χ4n) is 3.04. The molecule has 0 atom stereocenters. The minimum absolute atomic E-state index is 0.0645. The number of rotatable bonds is 5. The Kier molecular flexibility index (Phi) is 5.24. The summed E-state index contributed by atoms with van der Waals surface area (Å²) in [5.41, 5.74) is -0.575. The Morgan fingerprint density at radius 3 is 2.71 bits per heavy atom. The molecule has 0 saturated carbocycles. The van der Waals surface area contributed by atoms with Crippen LogP contribution >= 0.6 is 0 Å². The number of alkyl halides is 3. The van der Waals surface area contributed by atoms with Gasteiger partial charge in [0.2, 0.25) is 5.91 Å². The molecule has 0 unspecified atom stereocenters. The summed E-state index contributed by atoms with van der Waals surface area (Å²) in [6.07, 6.45) is -2.04. The Morgan fingerprint density at radius 1 is 1.16 bits per heavy atom. The highest BCUT2D eigenvalue weighted by Crippen LogP contribution is 2.33. The van der Waals surface area contributed by atoms with Gasteiger partial charge in [-0.25, -0.2) is 14.6 Å². The molecule has 0 bridgehead atoms. The third-order valence-corrected chi connectivity index (χ3v) is 4.51. The van der Waals surface area contributed by atoms with Gasteiger partial charge in [0.15, 0.2) is 0 Å². The molecule has 2 aromatic heterocycles. The average molecular weight is 428 g/mol. The summed E-state index contributed by atoms with van der Waals surface area (Å²) in [5.74, 6) is -0.240. The largest absolute Gasteiger partial charge is 0.416 e. The van der Waals surface area contributed by atoms with Gasteiger partial charge in [-0.15, -0.1) is 0 Å². The van der Waals surface area contributed by atoms with Crippen LogP contribution in [0.1, 0.15) is 17.8 Å². The van der Waals surface area contributed by atoms with Crippen molar-refractivity contribution in [3.05, 3.63) is 76.9 Å². The Balaban J connectivity index is 1.55. The van der Waals surface area contributed by atoms with E-state index < -0.39 is 17.6 Å². The Bertz CT molecular complexity index is 1300. The van der Waals surface area contributed by atoms with Crippen molar-refractivity contribution in [2.45, 2.75) is 19.0 Å². The Morgan fingerprint density at radius 2 is 1.97 bits per heavy atom. The van der Waals surface area contributed by atoms with Crippen LogP contribution in [-0.2, 0) is 17.4 Å². The van der Waals surface area contributed by atoms with Gasteiger partial charge in [0.25, 0.3) is 5.56 Å². The highest BCUT2D eigenvalue weighted by Gasteiger charge is 2.31. The molecule has 11 heteroatoms. The van der Waals surface area contributed by atoms with E-state index in [1.54, 1.807) is 24.3 Å². The predicted molar refractivity (Wildman–Crippen MR) is 106 cm³/mol. The van der Waals surface area contributed by atoms with Crippen LogP contribution in [0.15, 0.2) is 59.9 Å². The molecule has 4 rings (SSSR count). The van der Waals surface area contributed by atoms with E-state index in [2.05, 4.69) is 25.4 Å². The monoisotopic (exact) mass is 428 g/mol. The van der Waals surface area contributed by atoms with Crippen LogP contribution in [0, 0.1) is 0 Å². The molecule has 0 aliphatic heterocycles. The number of hydrogen-bond donors (Lipinski definition) is 2. The SMILES string of the molecule is O=C(CCc1nc2ccccc2c(=O)[nH]1)Nc1cc(C(F)(F)F)ccc1-n1cncn1. The maximum atomic E-state index is 13.1. The van der Waals surface area contributed by atoms with E-state index in [4.69, 9.17) is 0 Å². The van der Waals surface area contributed by atoms with E-state index in [1.165, 1.54) is 23.4 Å². The number of aromatic amines is 1. The molecule has 2 N–H and O–H groups in total. The molecular formula is C20H15F3N6O2. The third-order valence-electron chi connectivity index (χ3n) is 4.51. The molecule has 0 aliphatic carbocycles. The first-order valence-corrected chi connectivity index (χ1v) is 9.15. The first kappa shape index (κ1) is 20.3. The second-order valence-corrected chi connectivity index (χ2v) is 6.65. The second-order valence-electron chi connectivity index (χ2n) is 6.65. The van der Waals surface area contributed by atoms with Gasteiger partial charge < -0.3 is 10.3 Å². The molecule has 2 aromatic carbocycles. The molecule has 0 spiro atoms. The van der Waals surface area contributed by atoms with Crippen LogP contribution in [0.2, 0.25) is 0 Å². The molecule has 8 nitrogen and oxygen atoms in total. The van der Waals surface area contributed by atoms with E-state index in [0.717, 1.165) is 12.1 Å². The van der Waals surface area contributed by atoms with Crippen LogP contribution in [0.4, 0.5) is 18.9 Å². The number of nitrogens with one attached hydrogen (secondary N) is 2. The molecule has 4 aromatic rings. The van der Waals surface area contributed by atoms with Gasteiger partial charge in [-0.1, -0.05) is 12.1 Å². The van der Waals surface area contributed by atoms with Crippen LogP contribution in [-0.4, -0.2) is 30.6 Å². The summed E-state index contributed by atoms with van der Waals surface area (Å²) >= 11 is 0. The van der Waals surface area contributed by atoms with E-state index in [-0.39, 0.29) is 29.8 Å². The number of anilines is 1. The highest BCUT2D eigenvalue weighted by molar-refractivity contribution is 5.93. The van der Waals surface area contributed by atoms with Crippen LogP contribution in [0.5, 0.6) is 0 Å². The van der Waals surface area contributed by atoms with Gasteiger partial charge in [-0.3, -0.25) is 9.59 Å². The van der Waals surface area contributed by atoms with Crippen molar-refractivity contribution >= 4 is 22.5 Å². The lowest BCUT2D eigenvalue weighted by atomic mass is 10.1. The first-order chi connectivity index (χ1) is 14.8. The number of amides is 1. The number of aryl methyl sites for hydroxylation is 1. The summed E-state index contributed by atoms with van der Waals surface area (Å²) in [6.45, 7) is 0. The molecule has 31 heavy (non-hydrogen) atoms. The molecule has 0 aliphatic rings. The van der Waals surface area contributed by atoms with Crippen molar-refractivity contribution in [1.82, 2.24) is 24.7 Å². The van der Waals surface area contributed by atoms with E-state index in [0.29, 0.717) is 16.7 Å². The lowest BCUT2D eigenvalue weighted by Gasteiger charge is -2.14. The fourth-order valence-corrected chi connectivity index (χ4v) is 3.04. The Hall–Kier alpha value is -4.02. The number of para-hydroxylation sites is 1. The number of fused-ring (bicyclic) bond motifs is 1. The molecule has 0 saturated heterocycles. The fraction of sp³-hybridized carbons (Fsp3) is 0.150. The second kappa shape index (κ2) is 8.01. The lowest BCUT2D eigenvalue weighted by Crippen LogP contribution is -2.18. The van der Waals surface area contributed by atoms with Crippen molar-refractivity contribution < 1.29 is 18.0 Å². The van der Waals surface area contributed by atoms with E-state index in [1.807, 2.05) is 0 Å². The smallest absolute Gasteiger partial charge is 0.324 e. The van der Waals surface area contributed by atoms with Crippen molar-refractivity contribution in [2.75, 3.05) is 5.32 Å². The topological polar surface area (TPSA) is 106 Å². The number of halogens is 3. The van der Waals surface area contributed by atoms with Crippen molar-refractivity contribution in [1.29, 1.82) is 0 Å². The minimum atomic E-state index is -4.57. The standard InChI is InChI=1S/C20H15F3N6O2/c21-20(22,23)12-5-6-16(29-11-24-10-25-29)15(9-12)27-18(30)8-7-17-26-14-4-2-1-3-13(14)19(31)28-17/h1-6,9-11H,7-8H2,(H,27,30)(H,26,28,31). The first-order valence-electron chi connectivity index (χ1n) is 9.15. The number of carbonyl (C=O) groups excluding carboxylic acids is 1. The summed E-state index contributed by atoms with van der Waals surface area (Å²) in [5, 5.41) is 6.82. The van der Waals surface area contributed by atoms with Crippen molar-refractivity contribution in [3.8, 4) is 5.69 Å². The van der Waals surface area contributed by atoms with Gasteiger partial charge in [-0.05, 0) is 30.3 Å². The van der Waals surface area contributed by atoms with Gasteiger partial charge in [-0.2, -0.15) is 18.3 Å². The zero-order chi connectivity index (χ0) is 22.0. The number of carbonyl (C=O) groups is 1. The Labute approximate surface area is 172 Å². The van der Waals surface area contributed by atoms with Crippen molar-refractivity contribution in [2.24, 2.45) is 0 Å². The number of aromatic nitrogens is 5. The molecule has 2 heterocycles. The molecule has 0 fully saturated rings. The summed E-state index contributed by atoms with van der Waals surface area (Å²) < 4.78 is 40.6. The highest BCUT2D eigenvalue weighted by atomic mass is 19.4. The van der Waals surface area contributed by atoms with E-state index >= 15 is 0 Å².